The number of benzene rings is 1. The zero-order chi connectivity index (χ0) is 15.8. The molecule has 1 aromatic rings. The maximum Gasteiger partial charge on any atom is 0.315 e. The van der Waals surface area contributed by atoms with E-state index in [9.17, 15) is 4.79 Å². The van der Waals surface area contributed by atoms with E-state index in [0.717, 1.165) is 49.3 Å². The zero-order valence-corrected chi connectivity index (χ0v) is 14.6. The molecule has 0 spiro atoms. The van der Waals surface area contributed by atoms with Crippen molar-refractivity contribution < 1.29 is 9.53 Å². The van der Waals surface area contributed by atoms with Crippen LogP contribution in [0.1, 0.15) is 24.9 Å². The Morgan fingerprint density at radius 2 is 2.00 bits per heavy atom. The van der Waals surface area contributed by atoms with Gasteiger partial charge < -0.3 is 15.4 Å². The van der Waals surface area contributed by atoms with Crippen molar-refractivity contribution in [2.24, 2.45) is 0 Å². The van der Waals surface area contributed by atoms with E-state index in [1.165, 1.54) is 0 Å². The maximum absolute atomic E-state index is 11.9. The van der Waals surface area contributed by atoms with Crippen LogP contribution in [-0.4, -0.2) is 50.3 Å². The van der Waals surface area contributed by atoms with Gasteiger partial charge >= 0.3 is 6.03 Å². The Morgan fingerprint density at radius 3 is 2.68 bits per heavy atom. The number of amides is 2. The fraction of sp³-hybridized carbons (Fsp3) is 0.562. The number of halogens is 1. The summed E-state index contributed by atoms with van der Waals surface area (Å²) in [5, 5.41) is 5.87. The Bertz CT molecular complexity index is 461. The lowest BCUT2D eigenvalue weighted by atomic mass is 10.1. The fourth-order valence-corrected chi connectivity index (χ4v) is 2.68. The smallest absolute Gasteiger partial charge is 0.315 e. The summed E-state index contributed by atoms with van der Waals surface area (Å²) in [5.74, 6) is 0. The molecule has 0 aromatic heterocycles. The number of morpholine rings is 1. The minimum absolute atomic E-state index is 0.00709. The number of hydrogen-bond donors (Lipinski definition) is 2. The molecule has 0 bridgehead atoms. The molecule has 0 saturated carbocycles. The summed E-state index contributed by atoms with van der Waals surface area (Å²) >= 11 is 3.41. The lowest BCUT2D eigenvalue weighted by Crippen LogP contribution is -2.40. The molecule has 5 nitrogen and oxygen atoms in total. The Kier molecular flexibility index (Phi) is 7.15. The monoisotopic (exact) mass is 369 g/mol. The van der Waals surface area contributed by atoms with Crippen LogP contribution in [0, 0.1) is 0 Å². The van der Waals surface area contributed by atoms with Crippen LogP contribution in [0.5, 0.6) is 0 Å². The van der Waals surface area contributed by atoms with Crippen molar-refractivity contribution in [1.82, 2.24) is 15.5 Å². The Balaban J connectivity index is 1.61. The maximum atomic E-state index is 11.9. The summed E-state index contributed by atoms with van der Waals surface area (Å²) in [5.41, 5.74) is 1.09. The van der Waals surface area contributed by atoms with Gasteiger partial charge in [-0.05, 0) is 37.6 Å². The lowest BCUT2D eigenvalue weighted by molar-refractivity contribution is 0.0375. The van der Waals surface area contributed by atoms with Gasteiger partial charge in [0, 0.05) is 24.1 Å². The number of carbonyl (C=O) groups excluding carboxylic acids is 1. The van der Waals surface area contributed by atoms with E-state index >= 15 is 0 Å². The quantitative estimate of drug-likeness (QED) is 0.757. The standard InChI is InChI=1S/C16H24BrN3O2/c1-13(14-3-5-15(17)6-4-14)19-16(21)18-7-2-8-20-9-11-22-12-10-20/h3-6,13H,2,7-12H2,1H3,(H2,18,19,21). The highest BCUT2D eigenvalue weighted by molar-refractivity contribution is 9.10. The van der Waals surface area contributed by atoms with E-state index < -0.39 is 0 Å². The minimum atomic E-state index is -0.114. The topological polar surface area (TPSA) is 53.6 Å². The van der Waals surface area contributed by atoms with Gasteiger partial charge in [-0.25, -0.2) is 4.79 Å². The van der Waals surface area contributed by atoms with Crippen LogP contribution in [0.4, 0.5) is 4.79 Å². The van der Waals surface area contributed by atoms with E-state index in [1.54, 1.807) is 0 Å². The molecule has 22 heavy (non-hydrogen) atoms. The van der Waals surface area contributed by atoms with Gasteiger partial charge in [-0.15, -0.1) is 0 Å². The van der Waals surface area contributed by atoms with Gasteiger partial charge in [-0.1, -0.05) is 28.1 Å². The van der Waals surface area contributed by atoms with Crippen molar-refractivity contribution >= 4 is 22.0 Å². The van der Waals surface area contributed by atoms with E-state index in [4.69, 9.17) is 4.74 Å². The third kappa shape index (κ3) is 5.94. The second-order valence-corrected chi connectivity index (χ2v) is 6.40. The van der Waals surface area contributed by atoms with E-state index in [0.29, 0.717) is 6.54 Å². The highest BCUT2D eigenvalue weighted by Gasteiger charge is 2.11. The molecule has 1 aromatic carbocycles. The number of ether oxygens (including phenoxy) is 1. The van der Waals surface area contributed by atoms with Gasteiger partial charge in [0.2, 0.25) is 0 Å². The zero-order valence-electron chi connectivity index (χ0n) is 13.0. The Hall–Kier alpha value is -1.11. The molecular formula is C16H24BrN3O2. The lowest BCUT2D eigenvalue weighted by Gasteiger charge is -2.26. The van der Waals surface area contributed by atoms with Gasteiger partial charge in [0.05, 0.1) is 19.3 Å². The molecule has 1 heterocycles. The molecular weight excluding hydrogens is 346 g/mol. The van der Waals surface area contributed by atoms with Gasteiger partial charge in [0.25, 0.3) is 0 Å². The molecule has 2 rings (SSSR count). The summed E-state index contributed by atoms with van der Waals surface area (Å²) in [6.45, 7) is 7.30. The van der Waals surface area contributed by atoms with Crippen molar-refractivity contribution in [1.29, 1.82) is 0 Å². The predicted octanol–water partition coefficient (Wildman–Crippen LogP) is 2.53. The van der Waals surface area contributed by atoms with Crippen LogP contribution in [0.15, 0.2) is 28.7 Å². The Labute approximate surface area is 140 Å². The number of hydrogen-bond acceptors (Lipinski definition) is 3. The molecule has 1 unspecified atom stereocenters. The first-order valence-electron chi connectivity index (χ1n) is 7.75. The summed E-state index contributed by atoms with van der Waals surface area (Å²) < 4.78 is 6.35. The molecule has 1 fully saturated rings. The molecule has 0 aliphatic carbocycles. The highest BCUT2D eigenvalue weighted by atomic mass is 79.9. The molecule has 1 aliphatic heterocycles. The van der Waals surface area contributed by atoms with Gasteiger partial charge in [-0.3, -0.25) is 4.90 Å². The summed E-state index contributed by atoms with van der Waals surface area (Å²) in [4.78, 5) is 14.2. The van der Waals surface area contributed by atoms with Gasteiger partial charge in [-0.2, -0.15) is 0 Å². The molecule has 2 amide bonds. The first-order chi connectivity index (χ1) is 10.6. The summed E-state index contributed by atoms with van der Waals surface area (Å²) in [7, 11) is 0. The van der Waals surface area contributed by atoms with E-state index in [1.807, 2.05) is 31.2 Å². The van der Waals surface area contributed by atoms with Crippen molar-refractivity contribution in [2.75, 3.05) is 39.4 Å². The first-order valence-corrected chi connectivity index (χ1v) is 8.54. The molecule has 6 heteroatoms. The fourth-order valence-electron chi connectivity index (χ4n) is 2.41. The van der Waals surface area contributed by atoms with Crippen LogP contribution >= 0.6 is 15.9 Å². The molecule has 0 radical (unpaired) electrons. The number of urea groups is 1. The third-order valence-corrected chi connectivity index (χ3v) is 4.29. The normalized spacial score (nSPS) is 17.0. The van der Waals surface area contributed by atoms with Crippen molar-refractivity contribution in [3.05, 3.63) is 34.3 Å². The van der Waals surface area contributed by atoms with E-state index in [2.05, 4.69) is 31.5 Å². The van der Waals surface area contributed by atoms with Crippen molar-refractivity contribution in [3.8, 4) is 0 Å². The van der Waals surface area contributed by atoms with Crippen LogP contribution < -0.4 is 10.6 Å². The number of nitrogens with zero attached hydrogens (tertiary/aromatic N) is 1. The Morgan fingerprint density at radius 1 is 1.32 bits per heavy atom. The second kappa shape index (κ2) is 9.12. The van der Waals surface area contributed by atoms with Gasteiger partial charge in [0.15, 0.2) is 0 Å². The molecule has 1 aliphatic rings. The minimum Gasteiger partial charge on any atom is -0.379 e. The number of carbonyl (C=O) groups is 1. The SMILES string of the molecule is CC(NC(=O)NCCCN1CCOCC1)c1ccc(Br)cc1. The number of rotatable bonds is 6. The summed E-state index contributed by atoms with van der Waals surface area (Å²) in [6, 6.07) is 7.85. The second-order valence-electron chi connectivity index (χ2n) is 5.48. The molecule has 122 valence electrons. The molecule has 1 atom stereocenters. The van der Waals surface area contributed by atoms with Crippen molar-refractivity contribution in [3.63, 3.8) is 0 Å². The molecule has 1 saturated heterocycles. The van der Waals surface area contributed by atoms with Crippen LogP contribution in [0.3, 0.4) is 0 Å². The number of nitrogens with one attached hydrogen (secondary N) is 2. The largest absolute Gasteiger partial charge is 0.379 e. The average molecular weight is 370 g/mol. The summed E-state index contributed by atoms with van der Waals surface area (Å²) in [6.07, 6.45) is 0.958. The van der Waals surface area contributed by atoms with Crippen LogP contribution in [0.2, 0.25) is 0 Å². The van der Waals surface area contributed by atoms with Crippen molar-refractivity contribution in [2.45, 2.75) is 19.4 Å². The molecule has 2 N–H and O–H groups in total. The van der Waals surface area contributed by atoms with Gasteiger partial charge in [0.1, 0.15) is 0 Å². The first kappa shape index (κ1) is 17.2. The predicted molar refractivity (Wildman–Crippen MR) is 91.0 cm³/mol. The third-order valence-electron chi connectivity index (χ3n) is 3.76. The van der Waals surface area contributed by atoms with Crippen LogP contribution in [-0.2, 0) is 4.74 Å². The van der Waals surface area contributed by atoms with Crippen LogP contribution in [0.25, 0.3) is 0 Å². The average Bonchev–Trinajstić information content (AvgIpc) is 2.53. The highest BCUT2D eigenvalue weighted by Crippen LogP contribution is 2.16. The van der Waals surface area contributed by atoms with E-state index in [-0.39, 0.29) is 12.1 Å².